The van der Waals surface area contributed by atoms with Crippen molar-refractivity contribution in [2.75, 3.05) is 13.2 Å². The molecule has 2 aliphatic rings. The number of hydrogen-bond donors (Lipinski definition) is 1. The quantitative estimate of drug-likeness (QED) is 0.778. The SMILES string of the molecule is CC1(C)CCCCC1N1CC(CO)CC1=O. The first-order chi connectivity index (χ1) is 7.54. The van der Waals surface area contributed by atoms with E-state index in [1.165, 1.54) is 19.3 Å². The van der Waals surface area contributed by atoms with Gasteiger partial charge in [-0.2, -0.15) is 0 Å². The second-order valence-electron chi connectivity index (χ2n) is 6.05. The van der Waals surface area contributed by atoms with E-state index in [2.05, 4.69) is 13.8 Å². The van der Waals surface area contributed by atoms with Crippen LogP contribution in [0, 0.1) is 11.3 Å². The summed E-state index contributed by atoms with van der Waals surface area (Å²) in [6.45, 7) is 5.46. The van der Waals surface area contributed by atoms with Crippen LogP contribution in [-0.2, 0) is 4.79 Å². The highest BCUT2D eigenvalue weighted by Gasteiger charge is 2.42. The summed E-state index contributed by atoms with van der Waals surface area (Å²) in [7, 11) is 0. The van der Waals surface area contributed by atoms with Gasteiger partial charge in [-0.25, -0.2) is 0 Å². The smallest absolute Gasteiger partial charge is 0.223 e. The van der Waals surface area contributed by atoms with Crippen molar-refractivity contribution in [1.82, 2.24) is 4.90 Å². The number of amides is 1. The molecule has 1 aliphatic heterocycles. The molecule has 1 saturated heterocycles. The highest BCUT2D eigenvalue weighted by Crippen LogP contribution is 2.40. The van der Waals surface area contributed by atoms with Gasteiger partial charge >= 0.3 is 0 Å². The Morgan fingerprint density at radius 2 is 2.19 bits per heavy atom. The van der Waals surface area contributed by atoms with Gasteiger partial charge in [0.1, 0.15) is 0 Å². The van der Waals surface area contributed by atoms with Crippen LogP contribution in [0.3, 0.4) is 0 Å². The van der Waals surface area contributed by atoms with Gasteiger partial charge in [-0.15, -0.1) is 0 Å². The van der Waals surface area contributed by atoms with Crippen LogP contribution in [0.4, 0.5) is 0 Å². The van der Waals surface area contributed by atoms with Crippen molar-refractivity contribution >= 4 is 5.91 Å². The summed E-state index contributed by atoms with van der Waals surface area (Å²) in [5, 5.41) is 9.15. The van der Waals surface area contributed by atoms with Crippen molar-refractivity contribution in [3.63, 3.8) is 0 Å². The van der Waals surface area contributed by atoms with Gasteiger partial charge in [0.25, 0.3) is 0 Å². The third-order valence-electron chi connectivity index (χ3n) is 4.32. The lowest BCUT2D eigenvalue weighted by molar-refractivity contribution is -0.133. The fourth-order valence-electron chi connectivity index (χ4n) is 3.29. The molecule has 3 heteroatoms. The summed E-state index contributed by atoms with van der Waals surface area (Å²) in [6, 6.07) is 0.394. The van der Waals surface area contributed by atoms with Crippen molar-refractivity contribution in [3.05, 3.63) is 0 Å². The van der Waals surface area contributed by atoms with Gasteiger partial charge < -0.3 is 10.0 Å². The maximum atomic E-state index is 11.9. The van der Waals surface area contributed by atoms with Crippen LogP contribution in [0.5, 0.6) is 0 Å². The molecule has 0 aromatic heterocycles. The minimum absolute atomic E-state index is 0.148. The molecule has 1 saturated carbocycles. The van der Waals surface area contributed by atoms with Gasteiger partial charge in [0.2, 0.25) is 5.91 Å². The van der Waals surface area contributed by atoms with Crippen LogP contribution >= 0.6 is 0 Å². The van der Waals surface area contributed by atoms with E-state index >= 15 is 0 Å². The second kappa shape index (κ2) is 4.36. The van der Waals surface area contributed by atoms with E-state index in [1.54, 1.807) is 0 Å². The maximum absolute atomic E-state index is 11.9. The van der Waals surface area contributed by atoms with Crippen LogP contribution in [0.15, 0.2) is 0 Å². The summed E-state index contributed by atoms with van der Waals surface area (Å²) in [6.07, 6.45) is 5.42. The number of nitrogens with zero attached hydrogens (tertiary/aromatic N) is 1. The Morgan fingerprint density at radius 3 is 2.75 bits per heavy atom. The number of aliphatic hydroxyl groups is 1. The molecule has 1 N–H and O–H groups in total. The number of rotatable bonds is 2. The zero-order chi connectivity index (χ0) is 11.8. The van der Waals surface area contributed by atoms with Crippen LogP contribution in [-0.4, -0.2) is 35.1 Å². The Kier molecular flexibility index (Phi) is 3.24. The Hall–Kier alpha value is -0.570. The number of carbonyl (C=O) groups excluding carboxylic acids is 1. The van der Waals surface area contributed by atoms with E-state index in [9.17, 15) is 4.79 Å². The zero-order valence-corrected chi connectivity index (χ0v) is 10.4. The molecule has 1 amide bonds. The van der Waals surface area contributed by atoms with Gasteiger partial charge in [-0.1, -0.05) is 26.7 Å². The van der Waals surface area contributed by atoms with Crippen molar-refractivity contribution < 1.29 is 9.90 Å². The lowest BCUT2D eigenvalue weighted by atomic mass is 9.72. The monoisotopic (exact) mass is 225 g/mol. The third-order valence-corrected chi connectivity index (χ3v) is 4.32. The second-order valence-corrected chi connectivity index (χ2v) is 6.05. The predicted octanol–water partition coefficient (Wildman–Crippen LogP) is 1.80. The van der Waals surface area contributed by atoms with E-state index in [4.69, 9.17) is 5.11 Å². The first kappa shape index (κ1) is 11.9. The fraction of sp³-hybridized carbons (Fsp3) is 0.923. The molecule has 16 heavy (non-hydrogen) atoms. The van der Waals surface area contributed by atoms with Crippen LogP contribution in [0.1, 0.15) is 46.0 Å². The van der Waals surface area contributed by atoms with E-state index in [-0.39, 0.29) is 23.8 Å². The van der Waals surface area contributed by atoms with E-state index < -0.39 is 0 Å². The summed E-state index contributed by atoms with van der Waals surface area (Å²) in [4.78, 5) is 14.0. The van der Waals surface area contributed by atoms with Gasteiger partial charge in [0.05, 0.1) is 0 Å². The van der Waals surface area contributed by atoms with Gasteiger partial charge in [-0.05, 0) is 18.3 Å². The first-order valence-corrected chi connectivity index (χ1v) is 6.45. The molecule has 1 heterocycles. The Bertz CT molecular complexity index is 275. The average molecular weight is 225 g/mol. The van der Waals surface area contributed by atoms with E-state index in [0.717, 1.165) is 13.0 Å². The molecule has 0 spiro atoms. The zero-order valence-electron chi connectivity index (χ0n) is 10.4. The molecule has 0 aromatic carbocycles. The minimum Gasteiger partial charge on any atom is -0.396 e. The maximum Gasteiger partial charge on any atom is 0.223 e. The Balaban J connectivity index is 2.09. The van der Waals surface area contributed by atoms with Crippen LogP contribution in [0.2, 0.25) is 0 Å². The fourth-order valence-corrected chi connectivity index (χ4v) is 3.29. The van der Waals surface area contributed by atoms with Crippen molar-refractivity contribution in [2.24, 2.45) is 11.3 Å². The molecule has 0 aromatic rings. The van der Waals surface area contributed by atoms with Crippen molar-refractivity contribution in [3.8, 4) is 0 Å². The molecule has 2 fully saturated rings. The van der Waals surface area contributed by atoms with E-state index in [1.807, 2.05) is 4.90 Å². The minimum atomic E-state index is 0.148. The molecule has 3 nitrogen and oxygen atoms in total. The van der Waals surface area contributed by atoms with Crippen molar-refractivity contribution in [2.45, 2.75) is 52.0 Å². The highest BCUT2D eigenvalue weighted by atomic mass is 16.3. The molecule has 0 radical (unpaired) electrons. The van der Waals surface area contributed by atoms with E-state index in [0.29, 0.717) is 12.5 Å². The number of aliphatic hydroxyl groups excluding tert-OH is 1. The lowest BCUT2D eigenvalue weighted by Gasteiger charge is -2.44. The highest BCUT2D eigenvalue weighted by molar-refractivity contribution is 5.79. The standard InChI is InChI=1S/C13H23NO2/c1-13(2)6-4-3-5-11(13)14-8-10(9-15)7-12(14)16/h10-11,15H,3-9H2,1-2H3. The normalized spacial score (nSPS) is 34.4. The predicted molar refractivity (Wildman–Crippen MR) is 62.9 cm³/mol. The first-order valence-electron chi connectivity index (χ1n) is 6.45. The molecule has 1 aliphatic carbocycles. The average Bonchev–Trinajstić information content (AvgIpc) is 2.59. The summed E-state index contributed by atoms with van der Waals surface area (Å²) in [5.41, 5.74) is 0.248. The van der Waals surface area contributed by atoms with Crippen LogP contribution in [0.25, 0.3) is 0 Å². The molecular formula is C13H23NO2. The molecule has 2 rings (SSSR count). The molecule has 0 bridgehead atoms. The van der Waals surface area contributed by atoms with Crippen molar-refractivity contribution in [1.29, 1.82) is 0 Å². The molecule has 2 atom stereocenters. The lowest BCUT2D eigenvalue weighted by Crippen LogP contribution is -2.48. The summed E-state index contributed by atoms with van der Waals surface area (Å²) in [5.74, 6) is 0.421. The topological polar surface area (TPSA) is 40.5 Å². The molecular weight excluding hydrogens is 202 g/mol. The number of hydrogen-bond acceptors (Lipinski definition) is 2. The Morgan fingerprint density at radius 1 is 1.44 bits per heavy atom. The van der Waals surface area contributed by atoms with Gasteiger partial charge in [0, 0.05) is 31.5 Å². The number of carbonyl (C=O) groups is 1. The summed E-state index contributed by atoms with van der Waals surface area (Å²) >= 11 is 0. The van der Waals surface area contributed by atoms with Gasteiger partial charge in [0.15, 0.2) is 0 Å². The van der Waals surface area contributed by atoms with Gasteiger partial charge in [-0.3, -0.25) is 4.79 Å². The van der Waals surface area contributed by atoms with Crippen LogP contribution < -0.4 is 0 Å². The largest absolute Gasteiger partial charge is 0.396 e. The Labute approximate surface area is 97.8 Å². The molecule has 2 unspecified atom stereocenters. The third kappa shape index (κ3) is 2.10. The number of likely N-dealkylation sites (tertiary alicyclic amines) is 1. The summed E-state index contributed by atoms with van der Waals surface area (Å²) < 4.78 is 0. The molecule has 92 valence electrons.